The van der Waals surface area contributed by atoms with E-state index >= 15 is 0 Å². The molecule has 0 aliphatic rings. The fraction of sp³-hybridized carbons (Fsp3) is 0.448. The van der Waals surface area contributed by atoms with Crippen LogP contribution in [0, 0.1) is 0 Å². The Morgan fingerprint density at radius 2 is 1.18 bits per heavy atom. The zero-order chi connectivity index (χ0) is 27.9. The van der Waals surface area contributed by atoms with Crippen LogP contribution in [-0.4, -0.2) is 23.9 Å². The molecule has 2 aromatic carbocycles. The Morgan fingerprint density at radius 3 is 1.66 bits per heavy atom. The molecule has 0 saturated heterocycles. The summed E-state index contributed by atoms with van der Waals surface area (Å²) < 4.78 is 22.8. The van der Waals surface area contributed by atoms with Crippen LogP contribution in [0.4, 0.5) is 0 Å². The van der Waals surface area contributed by atoms with Gasteiger partial charge in [-0.3, -0.25) is 14.4 Å². The molecule has 0 unspecified atom stereocenters. The van der Waals surface area contributed by atoms with Gasteiger partial charge in [-0.25, -0.2) is 4.79 Å². The second-order valence-electron chi connectivity index (χ2n) is 8.70. The molecule has 0 N–H and O–H groups in total. The van der Waals surface area contributed by atoms with Crippen LogP contribution in [0.1, 0.15) is 94.5 Å². The predicted octanol–water partition coefficient (Wildman–Crippen LogP) is 7.09. The smallest absolute Gasteiger partial charge is 0.338 e. The van der Waals surface area contributed by atoms with E-state index in [1.165, 1.54) is 12.1 Å². The highest BCUT2D eigenvalue weighted by molar-refractivity contribution is 9.10. The van der Waals surface area contributed by atoms with Crippen molar-refractivity contribution in [1.29, 1.82) is 0 Å². The SMILES string of the molecule is CCCCC(=O)Oc1cc(C(=O)OCc2ccccc2Br)cc(OC(=O)CCCC)c1OC(=O)CCCC. The second-order valence-corrected chi connectivity index (χ2v) is 9.56. The van der Waals surface area contributed by atoms with E-state index in [4.69, 9.17) is 18.9 Å². The molecule has 2 rings (SSSR count). The minimum Gasteiger partial charge on any atom is -0.457 e. The molecule has 0 fully saturated rings. The van der Waals surface area contributed by atoms with E-state index in [2.05, 4.69) is 15.9 Å². The molecule has 0 atom stereocenters. The lowest BCUT2D eigenvalue weighted by Gasteiger charge is -2.16. The molecule has 0 saturated carbocycles. The molecule has 0 aliphatic carbocycles. The molecule has 2 aromatic rings. The Kier molecular flexibility index (Phi) is 13.6. The standard InChI is InChI=1S/C29H35BrO8/c1-4-7-14-25(31)36-23-17-21(29(34)35-19-20-12-10-11-13-22(20)30)18-24(37-26(32)15-8-5-2)28(23)38-27(33)16-9-6-3/h10-13,17-18H,4-9,14-16,19H2,1-3H3. The zero-order valence-electron chi connectivity index (χ0n) is 22.2. The summed E-state index contributed by atoms with van der Waals surface area (Å²) >= 11 is 3.42. The number of carbonyl (C=O) groups is 4. The number of carbonyl (C=O) groups excluding carboxylic acids is 4. The summed E-state index contributed by atoms with van der Waals surface area (Å²) in [6.45, 7) is 5.78. The molecule has 0 heterocycles. The number of unbranched alkanes of at least 4 members (excludes halogenated alkanes) is 3. The van der Waals surface area contributed by atoms with E-state index < -0.39 is 23.9 Å². The lowest BCUT2D eigenvalue weighted by molar-refractivity contribution is -0.138. The normalized spacial score (nSPS) is 10.5. The minimum absolute atomic E-state index is 0.0226. The maximum Gasteiger partial charge on any atom is 0.338 e. The number of benzene rings is 2. The van der Waals surface area contributed by atoms with Gasteiger partial charge in [0, 0.05) is 29.3 Å². The molecular weight excluding hydrogens is 556 g/mol. The van der Waals surface area contributed by atoms with Gasteiger partial charge in [-0.1, -0.05) is 74.2 Å². The van der Waals surface area contributed by atoms with Crippen molar-refractivity contribution in [1.82, 2.24) is 0 Å². The average molecular weight is 591 g/mol. The maximum atomic E-state index is 13.0. The van der Waals surface area contributed by atoms with Gasteiger partial charge in [0.05, 0.1) is 5.56 Å². The van der Waals surface area contributed by atoms with E-state index in [1.807, 2.05) is 39.0 Å². The van der Waals surface area contributed by atoms with Crippen molar-refractivity contribution in [3.63, 3.8) is 0 Å². The molecule has 38 heavy (non-hydrogen) atoms. The second kappa shape index (κ2) is 16.6. The van der Waals surface area contributed by atoms with Crippen molar-refractivity contribution in [3.05, 3.63) is 52.0 Å². The molecular formula is C29H35BrO8. The highest BCUT2D eigenvalue weighted by Gasteiger charge is 2.25. The third-order valence-corrected chi connectivity index (χ3v) is 6.21. The summed E-state index contributed by atoms with van der Waals surface area (Å²) in [5.74, 6) is -3.05. The fourth-order valence-electron chi connectivity index (χ4n) is 3.26. The Labute approximate surface area is 232 Å². The average Bonchev–Trinajstić information content (AvgIpc) is 2.90. The Bertz CT molecular complexity index is 1070. The number of esters is 4. The van der Waals surface area contributed by atoms with Gasteiger partial charge in [-0.15, -0.1) is 0 Å². The lowest BCUT2D eigenvalue weighted by atomic mass is 10.1. The van der Waals surface area contributed by atoms with E-state index in [9.17, 15) is 19.2 Å². The van der Waals surface area contributed by atoms with Crippen LogP contribution < -0.4 is 14.2 Å². The third kappa shape index (κ3) is 10.3. The molecule has 0 aliphatic heterocycles. The Balaban J connectivity index is 2.46. The van der Waals surface area contributed by atoms with Crippen LogP contribution >= 0.6 is 15.9 Å². The van der Waals surface area contributed by atoms with Gasteiger partial charge in [-0.2, -0.15) is 0 Å². The van der Waals surface area contributed by atoms with Crippen molar-refractivity contribution >= 4 is 39.8 Å². The third-order valence-electron chi connectivity index (χ3n) is 5.44. The summed E-state index contributed by atoms with van der Waals surface area (Å²) in [6, 6.07) is 9.81. The number of hydrogen-bond donors (Lipinski definition) is 0. The molecule has 0 radical (unpaired) electrons. The first kappa shape index (κ1) is 31.0. The van der Waals surface area contributed by atoms with E-state index in [0.717, 1.165) is 29.3 Å². The van der Waals surface area contributed by atoms with Crippen LogP contribution in [0.3, 0.4) is 0 Å². The fourth-order valence-corrected chi connectivity index (χ4v) is 3.66. The van der Waals surface area contributed by atoms with Crippen molar-refractivity contribution in [3.8, 4) is 17.2 Å². The van der Waals surface area contributed by atoms with Crippen molar-refractivity contribution in [2.24, 2.45) is 0 Å². The van der Waals surface area contributed by atoms with Crippen molar-refractivity contribution < 1.29 is 38.1 Å². The Hall–Kier alpha value is -3.20. The van der Waals surface area contributed by atoms with E-state index in [-0.39, 0.29) is 48.7 Å². The van der Waals surface area contributed by atoms with Crippen LogP contribution in [0.5, 0.6) is 17.2 Å². The Morgan fingerprint density at radius 1 is 0.711 bits per heavy atom. The molecule has 8 nitrogen and oxygen atoms in total. The van der Waals surface area contributed by atoms with Crippen LogP contribution in [-0.2, 0) is 25.7 Å². The van der Waals surface area contributed by atoms with Crippen LogP contribution in [0.2, 0.25) is 0 Å². The van der Waals surface area contributed by atoms with Crippen LogP contribution in [0.25, 0.3) is 0 Å². The summed E-state index contributed by atoms with van der Waals surface area (Å²) in [5.41, 5.74) is 0.724. The molecule has 0 amide bonds. The van der Waals surface area contributed by atoms with Gasteiger partial charge in [0.15, 0.2) is 11.5 Å². The first-order valence-electron chi connectivity index (χ1n) is 13.0. The van der Waals surface area contributed by atoms with Crippen molar-refractivity contribution in [2.45, 2.75) is 85.2 Å². The van der Waals surface area contributed by atoms with Gasteiger partial charge in [0.25, 0.3) is 0 Å². The first-order chi connectivity index (χ1) is 18.3. The highest BCUT2D eigenvalue weighted by atomic mass is 79.9. The summed E-state index contributed by atoms with van der Waals surface area (Å²) in [4.78, 5) is 50.5. The lowest BCUT2D eigenvalue weighted by Crippen LogP contribution is -2.16. The summed E-state index contributed by atoms with van der Waals surface area (Å²) in [5, 5.41) is 0. The van der Waals surface area contributed by atoms with Crippen LogP contribution in [0.15, 0.2) is 40.9 Å². The van der Waals surface area contributed by atoms with Crippen molar-refractivity contribution in [2.75, 3.05) is 0 Å². The maximum absolute atomic E-state index is 13.0. The highest BCUT2D eigenvalue weighted by Crippen LogP contribution is 2.40. The quantitative estimate of drug-likeness (QED) is 0.160. The number of halogens is 1. The summed E-state index contributed by atoms with van der Waals surface area (Å²) in [7, 11) is 0. The number of ether oxygens (including phenoxy) is 4. The number of hydrogen-bond acceptors (Lipinski definition) is 8. The largest absolute Gasteiger partial charge is 0.457 e. The molecule has 0 aromatic heterocycles. The zero-order valence-corrected chi connectivity index (χ0v) is 23.8. The summed E-state index contributed by atoms with van der Waals surface area (Å²) in [6.07, 6.45) is 4.48. The minimum atomic E-state index is -0.735. The van der Waals surface area contributed by atoms with Gasteiger partial charge in [-0.05, 0) is 37.5 Å². The topological polar surface area (TPSA) is 105 Å². The molecule has 0 bridgehead atoms. The van der Waals surface area contributed by atoms with E-state index in [1.54, 1.807) is 6.07 Å². The molecule has 9 heteroatoms. The van der Waals surface area contributed by atoms with Gasteiger partial charge in [0.2, 0.25) is 5.75 Å². The van der Waals surface area contributed by atoms with Gasteiger partial charge in [0.1, 0.15) is 6.61 Å². The van der Waals surface area contributed by atoms with E-state index in [0.29, 0.717) is 19.3 Å². The monoisotopic (exact) mass is 590 g/mol. The molecule has 206 valence electrons. The molecule has 0 spiro atoms. The first-order valence-corrected chi connectivity index (χ1v) is 13.8. The van der Waals surface area contributed by atoms with Gasteiger partial charge >= 0.3 is 23.9 Å². The predicted molar refractivity (Wildman–Crippen MR) is 145 cm³/mol. The number of rotatable bonds is 15. The van der Waals surface area contributed by atoms with Gasteiger partial charge < -0.3 is 18.9 Å².